The molecular weight excluding hydrogens is 290 g/mol. The summed E-state index contributed by atoms with van der Waals surface area (Å²) in [5.41, 5.74) is 6.26. The Morgan fingerprint density at radius 3 is 2.33 bits per heavy atom. The maximum Gasteiger partial charge on any atom is 0.263 e. The fraction of sp³-hybridized carbons (Fsp3) is 0.0714. The Hall–Kier alpha value is -2.54. The van der Waals surface area contributed by atoms with Gasteiger partial charge in [-0.15, -0.1) is 0 Å². The third-order valence-corrected chi connectivity index (χ3v) is 4.29. The van der Waals surface area contributed by atoms with Crippen molar-refractivity contribution in [3.05, 3.63) is 54.1 Å². The van der Waals surface area contributed by atoms with Crippen molar-refractivity contribution < 1.29 is 13.2 Å². The lowest BCUT2D eigenvalue weighted by Crippen LogP contribution is -2.22. The van der Waals surface area contributed by atoms with Gasteiger partial charge in [-0.2, -0.15) is 0 Å². The molecular formula is C14H15N3O3S. The summed E-state index contributed by atoms with van der Waals surface area (Å²) in [5.74, 6) is -0.380. The highest BCUT2D eigenvalue weighted by atomic mass is 32.2. The maximum absolute atomic E-state index is 12.4. The van der Waals surface area contributed by atoms with Gasteiger partial charge < -0.3 is 11.1 Å². The van der Waals surface area contributed by atoms with Crippen LogP contribution in [-0.2, 0) is 10.0 Å². The van der Waals surface area contributed by atoms with Crippen molar-refractivity contribution >= 4 is 27.3 Å². The summed E-state index contributed by atoms with van der Waals surface area (Å²) < 4.78 is 27.1. The molecule has 0 fully saturated rings. The molecule has 6 nitrogen and oxygen atoms in total. The molecule has 110 valence electrons. The van der Waals surface area contributed by atoms with Crippen molar-refractivity contribution in [2.45, 2.75) is 4.90 Å². The molecule has 0 unspecified atom stereocenters. The van der Waals surface area contributed by atoms with E-state index in [1.54, 1.807) is 24.3 Å². The van der Waals surface area contributed by atoms with Crippen LogP contribution in [0.4, 0.5) is 11.4 Å². The molecule has 0 atom stereocenters. The quantitative estimate of drug-likeness (QED) is 0.744. The van der Waals surface area contributed by atoms with Crippen LogP contribution in [0.5, 0.6) is 0 Å². The van der Waals surface area contributed by atoms with E-state index in [1.165, 1.54) is 31.3 Å². The van der Waals surface area contributed by atoms with Crippen LogP contribution in [-0.4, -0.2) is 21.4 Å². The van der Waals surface area contributed by atoms with E-state index in [9.17, 15) is 13.2 Å². The largest absolute Gasteiger partial charge is 0.398 e. The fourth-order valence-electron chi connectivity index (χ4n) is 1.83. The third-order valence-electron chi connectivity index (χ3n) is 2.85. The predicted octanol–water partition coefficient (Wildman–Crippen LogP) is 1.43. The highest BCUT2D eigenvalue weighted by Crippen LogP contribution is 2.23. The van der Waals surface area contributed by atoms with Gasteiger partial charge in [-0.25, -0.2) is 8.42 Å². The van der Waals surface area contributed by atoms with Crippen LogP contribution in [0.25, 0.3) is 0 Å². The first kappa shape index (κ1) is 14.9. The van der Waals surface area contributed by atoms with Gasteiger partial charge in [0, 0.05) is 7.05 Å². The number of carbonyl (C=O) groups excluding carboxylic acids is 1. The number of hydrogen-bond acceptors (Lipinski definition) is 4. The van der Waals surface area contributed by atoms with Gasteiger partial charge in [0.1, 0.15) is 4.90 Å². The lowest BCUT2D eigenvalue weighted by molar-refractivity contribution is 0.0964. The van der Waals surface area contributed by atoms with Crippen LogP contribution in [0.15, 0.2) is 53.4 Å². The molecule has 0 heterocycles. The van der Waals surface area contributed by atoms with E-state index in [0.29, 0.717) is 0 Å². The zero-order valence-corrected chi connectivity index (χ0v) is 12.1. The van der Waals surface area contributed by atoms with Crippen LogP contribution in [0, 0.1) is 0 Å². The molecule has 7 heteroatoms. The predicted molar refractivity (Wildman–Crippen MR) is 81.5 cm³/mol. The van der Waals surface area contributed by atoms with E-state index in [1.807, 2.05) is 0 Å². The second-order valence-electron chi connectivity index (χ2n) is 4.27. The van der Waals surface area contributed by atoms with Crippen molar-refractivity contribution in [3.63, 3.8) is 0 Å². The molecule has 0 radical (unpaired) electrons. The number of nitrogens with two attached hydrogens (primary N) is 1. The smallest absolute Gasteiger partial charge is 0.263 e. The van der Waals surface area contributed by atoms with E-state index in [4.69, 9.17) is 5.73 Å². The highest BCUT2D eigenvalue weighted by Gasteiger charge is 2.19. The Balaban J connectivity index is 2.43. The molecule has 0 aliphatic rings. The highest BCUT2D eigenvalue weighted by molar-refractivity contribution is 7.92. The number of carbonyl (C=O) groups is 1. The number of para-hydroxylation sites is 2. The van der Waals surface area contributed by atoms with E-state index >= 15 is 0 Å². The fourth-order valence-corrected chi connectivity index (χ4v) is 3.04. The molecule has 2 aromatic rings. The molecule has 21 heavy (non-hydrogen) atoms. The van der Waals surface area contributed by atoms with Gasteiger partial charge in [0.25, 0.3) is 15.9 Å². The first-order valence-electron chi connectivity index (χ1n) is 6.14. The first-order valence-corrected chi connectivity index (χ1v) is 7.62. The normalized spacial score (nSPS) is 10.9. The van der Waals surface area contributed by atoms with Gasteiger partial charge in [-0.3, -0.25) is 9.52 Å². The molecule has 0 bridgehead atoms. The molecule has 0 aromatic heterocycles. The lowest BCUT2D eigenvalue weighted by atomic mass is 10.2. The Labute approximate surface area is 123 Å². The molecule has 0 saturated carbocycles. The first-order chi connectivity index (χ1) is 9.95. The number of anilines is 2. The van der Waals surface area contributed by atoms with Crippen LogP contribution in [0.3, 0.4) is 0 Å². The van der Waals surface area contributed by atoms with Crippen LogP contribution >= 0.6 is 0 Å². The molecule has 4 N–H and O–H groups in total. The van der Waals surface area contributed by atoms with Gasteiger partial charge in [0.15, 0.2) is 0 Å². The van der Waals surface area contributed by atoms with Crippen molar-refractivity contribution in [3.8, 4) is 0 Å². The molecule has 2 rings (SSSR count). The third kappa shape index (κ3) is 3.14. The van der Waals surface area contributed by atoms with Gasteiger partial charge in [-0.05, 0) is 24.3 Å². The number of sulfonamides is 1. The molecule has 2 aromatic carbocycles. The average molecular weight is 305 g/mol. The second-order valence-corrected chi connectivity index (χ2v) is 5.92. The topological polar surface area (TPSA) is 101 Å². The maximum atomic E-state index is 12.4. The van der Waals surface area contributed by atoms with Crippen molar-refractivity contribution in [2.75, 3.05) is 17.5 Å². The standard InChI is InChI=1S/C14H15N3O3S/c1-16-14(18)10-6-2-4-8-12(10)17-21(19,20)13-9-5-3-7-11(13)15/h2-9,17H,15H2,1H3,(H,16,18). The average Bonchev–Trinajstić information content (AvgIpc) is 2.47. The Morgan fingerprint density at radius 1 is 1.05 bits per heavy atom. The van der Waals surface area contributed by atoms with Crippen molar-refractivity contribution in [1.29, 1.82) is 0 Å². The van der Waals surface area contributed by atoms with Crippen molar-refractivity contribution in [1.82, 2.24) is 5.32 Å². The number of hydrogen-bond donors (Lipinski definition) is 3. The summed E-state index contributed by atoms with van der Waals surface area (Å²) in [7, 11) is -2.39. The summed E-state index contributed by atoms with van der Waals surface area (Å²) in [6.45, 7) is 0. The van der Waals surface area contributed by atoms with Crippen LogP contribution < -0.4 is 15.8 Å². The van der Waals surface area contributed by atoms with Gasteiger partial charge >= 0.3 is 0 Å². The monoisotopic (exact) mass is 305 g/mol. The summed E-state index contributed by atoms with van der Waals surface area (Å²) in [6, 6.07) is 12.5. The molecule has 0 spiro atoms. The van der Waals surface area contributed by atoms with E-state index in [-0.39, 0.29) is 27.7 Å². The van der Waals surface area contributed by atoms with E-state index < -0.39 is 10.0 Å². The Bertz CT molecular complexity index is 773. The minimum absolute atomic E-state index is 0.0308. The zero-order chi connectivity index (χ0) is 15.5. The second kappa shape index (κ2) is 5.84. The number of nitrogen functional groups attached to an aromatic ring is 1. The SMILES string of the molecule is CNC(=O)c1ccccc1NS(=O)(=O)c1ccccc1N. The van der Waals surface area contributed by atoms with Crippen LogP contribution in [0.1, 0.15) is 10.4 Å². The van der Waals surface area contributed by atoms with Crippen LogP contribution in [0.2, 0.25) is 0 Å². The summed E-state index contributed by atoms with van der Waals surface area (Å²) in [4.78, 5) is 11.7. The Morgan fingerprint density at radius 2 is 1.67 bits per heavy atom. The molecule has 0 saturated heterocycles. The lowest BCUT2D eigenvalue weighted by Gasteiger charge is -2.12. The van der Waals surface area contributed by atoms with Gasteiger partial charge in [0.2, 0.25) is 0 Å². The number of benzene rings is 2. The molecule has 0 aliphatic carbocycles. The number of nitrogens with one attached hydrogen (secondary N) is 2. The molecule has 1 amide bonds. The van der Waals surface area contributed by atoms with Crippen molar-refractivity contribution in [2.24, 2.45) is 0 Å². The van der Waals surface area contributed by atoms with E-state index in [0.717, 1.165) is 0 Å². The number of amides is 1. The Kier molecular flexibility index (Phi) is 4.13. The van der Waals surface area contributed by atoms with Gasteiger partial charge in [0.05, 0.1) is 16.9 Å². The summed E-state index contributed by atoms with van der Waals surface area (Å²) in [6.07, 6.45) is 0. The van der Waals surface area contributed by atoms with Gasteiger partial charge in [-0.1, -0.05) is 24.3 Å². The zero-order valence-electron chi connectivity index (χ0n) is 11.3. The summed E-state index contributed by atoms with van der Waals surface area (Å²) in [5, 5.41) is 2.46. The minimum Gasteiger partial charge on any atom is -0.398 e. The number of rotatable bonds is 4. The molecule has 0 aliphatic heterocycles. The summed E-state index contributed by atoms with van der Waals surface area (Å²) >= 11 is 0. The van der Waals surface area contributed by atoms with E-state index in [2.05, 4.69) is 10.0 Å². The minimum atomic E-state index is -3.86.